The Morgan fingerprint density at radius 3 is 2.65 bits per heavy atom. The summed E-state index contributed by atoms with van der Waals surface area (Å²) in [7, 11) is 0. The highest BCUT2D eigenvalue weighted by Gasteiger charge is 2.13. The molecule has 0 fully saturated rings. The molecule has 0 atom stereocenters. The summed E-state index contributed by atoms with van der Waals surface area (Å²) in [5, 5.41) is 4.78. The van der Waals surface area contributed by atoms with E-state index in [0.29, 0.717) is 28.9 Å². The van der Waals surface area contributed by atoms with E-state index in [0.717, 1.165) is 6.07 Å². The summed E-state index contributed by atoms with van der Waals surface area (Å²) in [6.45, 7) is 6.56. The van der Waals surface area contributed by atoms with Crippen LogP contribution >= 0.6 is 11.6 Å². The minimum absolute atomic E-state index is 0.161. The fourth-order valence-electron chi connectivity index (χ4n) is 2.26. The number of nitrogens with zero attached hydrogens (tertiary/aromatic N) is 2. The summed E-state index contributed by atoms with van der Waals surface area (Å²) < 4.78 is 15.2. The van der Waals surface area contributed by atoms with Crippen molar-refractivity contribution in [2.24, 2.45) is 5.92 Å². The molecular formula is C18H20ClFN4O2. The van der Waals surface area contributed by atoms with E-state index >= 15 is 0 Å². The van der Waals surface area contributed by atoms with E-state index in [-0.39, 0.29) is 5.56 Å². The van der Waals surface area contributed by atoms with Crippen molar-refractivity contribution in [3.8, 4) is 0 Å². The first-order chi connectivity index (χ1) is 12.3. The molecule has 8 heteroatoms. The second kappa shape index (κ2) is 8.62. The van der Waals surface area contributed by atoms with Gasteiger partial charge in [0.25, 0.3) is 11.8 Å². The summed E-state index contributed by atoms with van der Waals surface area (Å²) in [6.07, 6.45) is 2.74. The highest BCUT2D eigenvalue weighted by molar-refractivity contribution is 6.31. The van der Waals surface area contributed by atoms with E-state index in [1.807, 2.05) is 0 Å². The highest BCUT2D eigenvalue weighted by atomic mass is 35.5. The fraction of sp³-hybridized carbons (Fsp3) is 0.278. The first-order valence-electron chi connectivity index (χ1n) is 8.05. The van der Waals surface area contributed by atoms with Gasteiger partial charge >= 0.3 is 0 Å². The number of halogens is 2. The molecule has 0 unspecified atom stereocenters. The van der Waals surface area contributed by atoms with Gasteiger partial charge in [0.1, 0.15) is 11.0 Å². The fourth-order valence-corrected chi connectivity index (χ4v) is 2.56. The van der Waals surface area contributed by atoms with Gasteiger partial charge in [-0.15, -0.1) is 0 Å². The second-order valence-corrected chi connectivity index (χ2v) is 6.48. The van der Waals surface area contributed by atoms with Crippen LogP contribution in [-0.4, -0.2) is 21.6 Å². The quantitative estimate of drug-likeness (QED) is 0.620. The standard InChI is InChI=1S/C18H20ClFN4O2/c1-11(2)10-24-17(19)13(12(3)23-24)8-9-16(25)21-22-18(26)14-6-4-5-7-15(14)20/h4-9,11H,10H2,1-3H3,(H,21,25)(H,22,26)/b9-8+. The average molecular weight is 379 g/mol. The third-order valence-corrected chi connectivity index (χ3v) is 3.87. The number of carbonyl (C=O) groups is 2. The Morgan fingerprint density at radius 1 is 1.31 bits per heavy atom. The van der Waals surface area contributed by atoms with Crippen molar-refractivity contribution >= 4 is 29.5 Å². The minimum Gasteiger partial charge on any atom is -0.268 e. The lowest BCUT2D eigenvalue weighted by Gasteiger charge is -2.06. The van der Waals surface area contributed by atoms with Crippen LogP contribution in [0.4, 0.5) is 4.39 Å². The van der Waals surface area contributed by atoms with E-state index in [9.17, 15) is 14.0 Å². The van der Waals surface area contributed by atoms with Gasteiger partial charge in [0.15, 0.2) is 0 Å². The smallest absolute Gasteiger partial charge is 0.268 e. The summed E-state index contributed by atoms with van der Waals surface area (Å²) in [5.74, 6) is -1.62. The summed E-state index contributed by atoms with van der Waals surface area (Å²) in [5.41, 5.74) is 5.50. The van der Waals surface area contributed by atoms with Gasteiger partial charge in [-0.25, -0.2) is 4.39 Å². The number of nitrogens with one attached hydrogen (secondary N) is 2. The van der Waals surface area contributed by atoms with Gasteiger partial charge in [0.05, 0.1) is 11.3 Å². The van der Waals surface area contributed by atoms with Gasteiger partial charge < -0.3 is 0 Å². The molecule has 0 aliphatic heterocycles. The largest absolute Gasteiger partial charge is 0.272 e. The van der Waals surface area contributed by atoms with E-state index in [4.69, 9.17) is 11.6 Å². The monoisotopic (exact) mass is 378 g/mol. The lowest BCUT2D eigenvalue weighted by molar-refractivity contribution is -0.117. The van der Waals surface area contributed by atoms with E-state index in [1.54, 1.807) is 11.6 Å². The molecule has 0 saturated heterocycles. The number of aryl methyl sites for hydroxylation is 1. The van der Waals surface area contributed by atoms with Crippen LogP contribution in [0, 0.1) is 18.7 Å². The van der Waals surface area contributed by atoms with Crippen molar-refractivity contribution in [1.29, 1.82) is 0 Å². The van der Waals surface area contributed by atoms with Gasteiger partial charge in [-0.1, -0.05) is 37.6 Å². The number of aromatic nitrogens is 2. The van der Waals surface area contributed by atoms with Gasteiger partial charge in [0.2, 0.25) is 0 Å². The number of benzene rings is 1. The molecule has 2 rings (SSSR count). The summed E-state index contributed by atoms with van der Waals surface area (Å²) in [6, 6.07) is 5.48. The Kier molecular flexibility index (Phi) is 6.52. The lowest BCUT2D eigenvalue weighted by Crippen LogP contribution is -2.41. The number of rotatable bonds is 5. The Morgan fingerprint density at radius 2 is 2.00 bits per heavy atom. The van der Waals surface area contributed by atoms with Crippen LogP contribution in [0.25, 0.3) is 6.08 Å². The maximum absolute atomic E-state index is 13.5. The first-order valence-corrected chi connectivity index (χ1v) is 8.43. The third kappa shape index (κ3) is 4.92. The van der Waals surface area contributed by atoms with Gasteiger partial charge in [0, 0.05) is 18.2 Å². The molecule has 1 heterocycles. The van der Waals surface area contributed by atoms with Crippen molar-refractivity contribution in [3.63, 3.8) is 0 Å². The number of amides is 2. The molecule has 138 valence electrons. The van der Waals surface area contributed by atoms with Gasteiger partial charge in [-0.05, 0) is 31.1 Å². The van der Waals surface area contributed by atoms with Crippen LogP contribution in [0.3, 0.4) is 0 Å². The topological polar surface area (TPSA) is 76.0 Å². The van der Waals surface area contributed by atoms with E-state index in [1.165, 1.54) is 30.4 Å². The Bertz CT molecular complexity index is 846. The number of hydrogen-bond donors (Lipinski definition) is 2. The molecule has 2 aromatic rings. The Hall–Kier alpha value is -2.67. The van der Waals surface area contributed by atoms with Crippen molar-refractivity contribution in [2.45, 2.75) is 27.3 Å². The van der Waals surface area contributed by atoms with Crippen molar-refractivity contribution in [1.82, 2.24) is 20.6 Å². The zero-order valence-electron chi connectivity index (χ0n) is 14.7. The SMILES string of the molecule is Cc1nn(CC(C)C)c(Cl)c1/C=C/C(=O)NNC(=O)c1ccccc1F. The van der Waals surface area contributed by atoms with E-state index < -0.39 is 17.6 Å². The molecule has 0 radical (unpaired) electrons. The molecule has 2 amide bonds. The van der Waals surface area contributed by atoms with Crippen LogP contribution in [-0.2, 0) is 11.3 Å². The van der Waals surface area contributed by atoms with Crippen LogP contribution < -0.4 is 10.9 Å². The molecule has 0 spiro atoms. The predicted molar refractivity (Wildman–Crippen MR) is 97.9 cm³/mol. The minimum atomic E-state index is -0.746. The number of hydrogen-bond acceptors (Lipinski definition) is 3. The Balaban J connectivity index is 1.99. The number of carbonyl (C=O) groups excluding carboxylic acids is 2. The lowest BCUT2D eigenvalue weighted by atomic mass is 10.2. The van der Waals surface area contributed by atoms with Gasteiger partial charge in [-0.2, -0.15) is 5.10 Å². The molecule has 1 aromatic carbocycles. The second-order valence-electron chi connectivity index (χ2n) is 6.12. The predicted octanol–water partition coefficient (Wildman–Crippen LogP) is 3.11. The van der Waals surface area contributed by atoms with Crippen LogP contribution in [0.1, 0.15) is 35.5 Å². The first kappa shape index (κ1) is 19.7. The Labute approximate surface area is 156 Å². The zero-order chi connectivity index (χ0) is 19.3. The molecule has 0 saturated carbocycles. The highest BCUT2D eigenvalue weighted by Crippen LogP contribution is 2.22. The summed E-state index contributed by atoms with van der Waals surface area (Å²) >= 11 is 6.29. The van der Waals surface area contributed by atoms with Gasteiger partial charge in [-0.3, -0.25) is 25.1 Å². The molecule has 0 bridgehead atoms. The van der Waals surface area contributed by atoms with Crippen molar-refractivity contribution < 1.29 is 14.0 Å². The normalized spacial score (nSPS) is 11.2. The molecule has 26 heavy (non-hydrogen) atoms. The third-order valence-electron chi connectivity index (χ3n) is 3.47. The van der Waals surface area contributed by atoms with Crippen molar-refractivity contribution in [2.75, 3.05) is 0 Å². The molecule has 0 aliphatic rings. The maximum Gasteiger partial charge on any atom is 0.272 e. The molecular weight excluding hydrogens is 359 g/mol. The molecule has 1 aromatic heterocycles. The summed E-state index contributed by atoms with van der Waals surface area (Å²) in [4.78, 5) is 23.7. The van der Waals surface area contributed by atoms with Crippen LogP contribution in [0.5, 0.6) is 0 Å². The van der Waals surface area contributed by atoms with Crippen molar-refractivity contribution in [3.05, 3.63) is 58.1 Å². The average Bonchev–Trinajstić information content (AvgIpc) is 2.84. The number of hydrazine groups is 1. The maximum atomic E-state index is 13.5. The van der Waals surface area contributed by atoms with Crippen LogP contribution in [0.15, 0.2) is 30.3 Å². The van der Waals surface area contributed by atoms with E-state index in [2.05, 4.69) is 29.8 Å². The zero-order valence-corrected chi connectivity index (χ0v) is 15.5. The molecule has 2 N–H and O–H groups in total. The molecule has 6 nitrogen and oxygen atoms in total. The van der Waals surface area contributed by atoms with Crippen LogP contribution in [0.2, 0.25) is 5.15 Å². The molecule has 0 aliphatic carbocycles.